The Labute approximate surface area is 138 Å². The zero-order valence-electron chi connectivity index (χ0n) is 13.4. The molecule has 1 amide bonds. The number of likely N-dealkylation sites (tertiary alicyclic amines) is 1. The van der Waals surface area contributed by atoms with Crippen LogP contribution in [0.25, 0.3) is 0 Å². The highest BCUT2D eigenvalue weighted by Gasteiger charge is 2.21. The Morgan fingerprint density at radius 2 is 2.14 bits per heavy atom. The molecule has 0 radical (unpaired) electrons. The van der Waals surface area contributed by atoms with Gasteiger partial charge in [0.1, 0.15) is 12.4 Å². The SMILES string of the molecule is CC1CCCN(C(=O)CN(C)CCOc2ccc(Cl)cc2)C1. The number of rotatable bonds is 6. The number of carbonyl (C=O) groups is 1. The quantitative estimate of drug-likeness (QED) is 0.806. The van der Waals surface area contributed by atoms with Gasteiger partial charge in [-0.05, 0) is 50.1 Å². The van der Waals surface area contributed by atoms with Gasteiger partial charge >= 0.3 is 0 Å². The maximum absolute atomic E-state index is 12.3. The van der Waals surface area contributed by atoms with Crippen molar-refractivity contribution in [1.29, 1.82) is 0 Å². The number of halogens is 1. The molecule has 1 aliphatic rings. The molecule has 0 saturated carbocycles. The first kappa shape index (κ1) is 17.1. The Morgan fingerprint density at radius 3 is 2.82 bits per heavy atom. The number of ether oxygens (including phenoxy) is 1. The number of nitrogens with zero attached hydrogens (tertiary/aromatic N) is 2. The van der Waals surface area contributed by atoms with Crippen LogP contribution in [0.1, 0.15) is 19.8 Å². The predicted molar refractivity (Wildman–Crippen MR) is 89.4 cm³/mol. The Bertz CT molecular complexity index is 478. The zero-order valence-corrected chi connectivity index (χ0v) is 14.2. The molecule has 1 aromatic rings. The fourth-order valence-electron chi connectivity index (χ4n) is 2.68. The number of hydrogen-bond acceptors (Lipinski definition) is 3. The number of piperidine rings is 1. The van der Waals surface area contributed by atoms with Crippen molar-refractivity contribution in [3.63, 3.8) is 0 Å². The lowest BCUT2D eigenvalue weighted by Crippen LogP contribution is -2.44. The summed E-state index contributed by atoms with van der Waals surface area (Å²) in [5.41, 5.74) is 0. The summed E-state index contributed by atoms with van der Waals surface area (Å²) in [6.45, 7) is 5.74. The average Bonchev–Trinajstić information content (AvgIpc) is 2.49. The standard InChI is InChI=1S/C17H25ClN2O2/c1-14-4-3-9-20(12-14)17(21)13-19(2)10-11-22-16-7-5-15(18)6-8-16/h5-8,14H,3-4,9-13H2,1-2H3. The van der Waals surface area contributed by atoms with Gasteiger partial charge in [-0.3, -0.25) is 9.69 Å². The molecule has 0 N–H and O–H groups in total. The lowest BCUT2D eigenvalue weighted by Gasteiger charge is -2.32. The average molecular weight is 325 g/mol. The summed E-state index contributed by atoms with van der Waals surface area (Å²) in [6.07, 6.45) is 2.35. The number of likely N-dealkylation sites (N-methyl/N-ethyl adjacent to an activating group) is 1. The van der Waals surface area contributed by atoms with Crippen LogP contribution >= 0.6 is 11.6 Å². The Morgan fingerprint density at radius 1 is 1.41 bits per heavy atom. The Balaban J connectivity index is 1.67. The molecule has 22 heavy (non-hydrogen) atoms. The molecular formula is C17H25ClN2O2. The van der Waals surface area contributed by atoms with Crippen LogP contribution in [-0.4, -0.2) is 55.5 Å². The maximum Gasteiger partial charge on any atom is 0.236 e. The van der Waals surface area contributed by atoms with Crippen molar-refractivity contribution >= 4 is 17.5 Å². The summed E-state index contributed by atoms with van der Waals surface area (Å²) in [5.74, 6) is 1.64. The van der Waals surface area contributed by atoms with Gasteiger partial charge < -0.3 is 9.64 Å². The molecule has 4 nitrogen and oxygen atoms in total. The Hall–Kier alpha value is -1.26. The largest absolute Gasteiger partial charge is 0.492 e. The van der Waals surface area contributed by atoms with E-state index in [4.69, 9.17) is 16.3 Å². The van der Waals surface area contributed by atoms with E-state index in [-0.39, 0.29) is 5.91 Å². The highest BCUT2D eigenvalue weighted by atomic mass is 35.5. The fourth-order valence-corrected chi connectivity index (χ4v) is 2.80. The van der Waals surface area contributed by atoms with Crippen LogP contribution in [-0.2, 0) is 4.79 Å². The minimum atomic E-state index is 0.223. The molecule has 0 spiro atoms. The molecular weight excluding hydrogens is 300 g/mol. The van der Waals surface area contributed by atoms with Crippen LogP contribution < -0.4 is 4.74 Å². The van der Waals surface area contributed by atoms with Gasteiger partial charge in [0.05, 0.1) is 6.54 Å². The number of hydrogen-bond donors (Lipinski definition) is 0. The molecule has 1 unspecified atom stereocenters. The van der Waals surface area contributed by atoms with E-state index in [0.29, 0.717) is 24.1 Å². The first-order valence-electron chi connectivity index (χ1n) is 7.89. The van der Waals surface area contributed by atoms with Gasteiger partial charge in [-0.1, -0.05) is 18.5 Å². The van der Waals surface area contributed by atoms with Crippen molar-refractivity contribution in [3.8, 4) is 5.75 Å². The van der Waals surface area contributed by atoms with E-state index in [1.807, 2.05) is 41.1 Å². The molecule has 5 heteroatoms. The van der Waals surface area contributed by atoms with Gasteiger partial charge in [-0.25, -0.2) is 0 Å². The van der Waals surface area contributed by atoms with E-state index in [0.717, 1.165) is 31.8 Å². The van der Waals surface area contributed by atoms with E-state index in [2.05, 4.69) is 6.92 Å². The molecule has 1 fully saturated rings. The van der Waals surface area contributed by atoms with Gasteiger partial charge in [0, 0.05) is 24.7 Å². The number of carbonyl (C=O) groups excluding carboxylic acids is 1. The van der Waals surface area contributed by atoms with Gasteiger partial charge in [-0.2, -0.15) is 0 Å². The maximum atomic E-state index is 12.3. The molecule has 0 aromatic heterocycles. The van der Waals surface area contributed by atoms with Crippen LogP contribution in [0.3, 0.4) is 0 Å². The van der Waals surface area contributed by atoms with E-state index < -0.39 is 0 Å². The molecule has 0 bridgehead atoms. The van der Waals surface area contributed by atoms with E-state index in [1.54, 1.807) is 0 Å². The Kier molecular flexibility index (Phi) is 6.52. The molecule has 0 aliphatic carbocycles. The molecule has 1 atom stereocenters. The van der Waals surface area contributed by atoms with Crippen LogP contribution in [0.5, 0.6) is 5.75 Å². The van der Waals surface area contributed by atoms with Gasteiger partial charge in [-0.15, -0.1) is 0 Å². The molecule has 1 aliphatic heterocycles. The summed E-state index contributed by atoms with van der Waals surface area (Å²) >= 11 is 5.83. The van der Waals surface area contributed by atoms with Crippen molar-refractivity contribution < 1.29 is 9.53 Å². The molecule has 1 heterocycles. The van der Waals surface area contributed by atoms with Crippen molar-refractivity contribution in [2.75, 3.05) is 39.8 Å². The van der Waals surface area contributed by atoms with Crippen molar-refractivity contribution in [1.82, 2.24) is 9.80 Å². The third-order valence-electron chi connectivity index (χ3n) is 3.97. The van der Waals surface area contributed by atoms with Crippen molar-refractivity contribution in [2.24, 2.45) is 5.92 Å². The second-order valence-corrected chi connectivity index (χ2v) is 6.56. The van der Waals surface area contributed by atoms with Crippen LogP contribution in [0.4, 0.5) is 0 Å². The van der Waals surface area contributed by atoms with E-state index in [1.165, 1.54) is 6.42 Å². The summed E-state index contributed by atoms with van der Waals surface area (Å²) in [7, 11) is 1.95. The second-order valence-electron chi connectivity index (χ2n) is 6.13. The summed E-state index contributed by atoms with van der Waals surface area (Å²) in [6, 6.07) is 7.31. The molecule has 1 aromatic carbocycles. The third kappa shape index (κ3) is 5.50. The zero-order chi connectivity index (χ0) is 15.9. The van der Waals surface area contributed by atoms with E-state index in [9.17, 15) is 4.79 Å². The smallest absolute Gasteiger partial charge is 0.236 e. The van der Waals surface area contributed by atoms with Gasteiger partial charge in [0.15, 0.2) is 0 Å². The number of amides is 1. The molecule has 1 saturated heterocycles. The highest BCUT2D eigenvalue weighted by Crippen LogP contribution is 2.16. The first-order chi connectivity index (χ1) is 10.5. The van der Waals surface area contributed by atoms with Crippen molar-refractivity contribution in [3.05, 3.63) is 29.3 Å². The lowest BCUT2D eigenvalue weighted by atomic mass is 10.0. The summed E-state index contributed by atoms with van der Waals surface area (Å²) in [4.78, 5) is 16.3. The minimum absolute atomic E-state index is 0.223. The topological polar surface area (TPSA) is 32.8 Å². The normalized spacial score (nSPS) is 18.5. The summed E-state index contributed by atoms with van der Waals surface area (Å²) < 4.78 is 5.65. The molecule has 2 rings (SSSR count). The van der Waals surface area contributed by atoms with Crippen LogP contribution in [0.2, 0.25) is 5.02 Å². The van der Waals surface area contributed by atoms with Crippen LogP contribution in [0, 0.1) is 5.92 Å². The third-order valence-corrected chi connectivity index (χ3v) is 4.22. The van der Waals surface area contributed by atoms with Gasteiger partial charge in [0.2, 0.25) is 5.91 Å². The first-order valence-corrected chi connectivity index (χ1v) is 8.27. The highest BCUT2D eigenvalue weighted by molar-refractivity contribution is 6.30. The lowest BCUT2D eigenvalue weighted by molar-refractivity contribution is -0.133. The summed E-state index contributed by atoms with van der Waals surface area (Å²) in [5, 5.41) is 0.700. The van der Waals surface area contributed by atoms with E-state index >= 15 is 0 Å². The molecule has 122 valence electrons. The van der Waals surface area contributed by atoms with Gasteiger partial charge in [0.25, 0.3) is 0 Å². The fraction of sp³-hybridized carbons (Fsp3) is 0.588. The second kappa shape index (κ2) is 8.39. The predicted octanol–water partition coefficient (Wildman–Crippen LogP) is 2.91. The monoisotopic (exact) mass is 324 g/mol. The van der Waals surface area contributed by atoms with Crippen LogP contribution in [0.15, 0.2) is 24.3 Å². The van der Waals surface area contributed by atoms with Crippen molar-refractivity contribution in [2.45, 2.75) is 19.8 Å². The minimum Gasteiger partial charge on any atom is -0.492 e. The number of benzene rings is 1.